The van der Waals surface area contributed by atoms with Crippen LogP contribution < -0.4 is 5.32 Å². The van der Waals surface area contributed by atoms with Crippen LogP contribution in [0, 0.1) is 5.82 Å². The van der Waals surface area contributed by atoms with Crippen LogP contribution in [-0.4, -0.2) is 39.7 Å². The molecule has 0 aliphatic heterocycles. The summed E-state index contributed by atoms with van der Waals surface area (Å²) < 4.78 is 18.9. The fourth-order valence-electron chi connectivity index (χ4n) is 2.75. The second kappa shape index (κ2) is 12.9. The number of anilines is 1. The molecule has 7 nitrogen and oxygen atoms in total. The summed E-state index contributed by atoms with van der Waals surface area (Å²) >= 11 is 5.43. The summed E-state index contributed by atoms with van der Waals surface area (Å²) in [6, 6.07) is 15.2. The number of hydrogen-bond donors (Lipinski definition) is 1. The third-order valence-corrected chi connectivity index (χ3v) is 8.47. The molecule has 0 aliphatic rings. The van der Waals surface area contributed by atoms with Gasteiger partial charge in [-0.1, -0.05) is 40.9 Å². The first-order chi connectivity index (χ1) is 17.5. The molecule has 4 aromatic rings. The summed E-state index contributed by atoms with van der Waals surface area (Å²) in [4.78, 5) is 39.1. The van der Waals surface area contributed by atoms with Crippen molar-refractivity contribution in [3.05, 3.63) is 78.5 Å². The van der Waals surface area contributed by atoms with E-state index < -0.39 is 5.91 Å². The van der Waals surface area contributed by atoms with E-state index in [1.165, 1.54) is 65.9 Å². The minimum absolute atomic E-state index is 0.223. The van der Waals surface area contributed by atoms with Crippen LogP contribution >= 0.6 is 46.6 Å². The van der Waals surface area contributed by atoms with Gasteiger partial charge in [-0.25, -0.2) is 19.3 Å². The van der Waals surface area contributed by atoms with Crippen molar-refractivity contribution in [2.24, 2.45) is 0 Å². The van der Waals surface area contributed by atoms with Crippen molar-refractivity contribution >= 4 is 63.6 Å². The molecule has 0 radical (unpaired) electrons. The van der Waals surface area contributed by atoms with Gasteiger partial charge in [0.05, 0.1) is 23.9 Å². The zero-order valence-corrected chi connectivity index (χ0v) is 22.1. The summed E-state index contributed by atoms with van der Waals surface area (Å²) in [5, 5.41) is 4.60. The van der Waals surface area contributed by atoms with Crippen LogP contribution in [0.5, 0.6) is 0 Å². The molecule has 1 N–H and O–H groups in total. The van der Waals surface area contributed by atoms with E-state index in [9.17, 15) is 14.0 Å². The zero-order valence-electron chi connectivity index (χ0n) is 18.8. The Bertz CT molecular complexity index is 1340. The summed E-state index contributed by atoms with van der Waals surface area (Å²) in [5.41, 5.74) is 0.223. The highest BCUT2D eigenvalue weighted by molar-refractivity contribution is 8.01. The van der Waals surface area contributed by atoms with Gasteiger partial charge in [0, 0.05) is 21.7 Å². The molecule has 0 spiro atoms. The average Bonchev–Trinajstić information content (AvgIpc) is 3.33. The van der Waals surface area contributed by atoms with Crippen molar-refractivity contribution in [2.45, 2.75) is 30.5 Å². The minimum atomic E-state index is -0.413. The number of benzene rings is 1. The Morgan fingerprint density at radius 3 is 2.61 bits per heavy atom. The van der Waals surface area contributed by atoms with Gasteiger partial charge in [0.1, 0.15) is 21.6 Å². The number of carbonyl (C=O) groups is 2. The molecule has 12 heteroatoms. The molecule has 0 saturated carbocycles. The topological polar surface area (TPSA) is 94.1 Å². The highest BCUT2D eigenvalue weighted by Crippen LogP contribution is 2.34. The van der Waals surface area contributed by atoms with Gasteiger partial charge in [0.25, 0.3) is 5.91 Å². The number of nitrogens with one attached hydrogen (secondary N) is 1. The SMILES string of the molecule is COC(=O)CCSc1cnc(NC(=O)c2nc(Sc3ccccn3)ccc2Sc2ccc(F)cc2)s1. The molecule has 0 aliphatic carbocycles. The molecule has 3 heterocycles. The Hall–Kier alpha value is -2.93. The molecule has 0 atom stereocenters. The molecular weight excluding hydrogens is 540 g/mol. The van der Waals surface area contributed by atoms with Crippen LogP contribution in [0.4, 0.5) is 9.52 Å². The molecule has 0 saturated heterocycles. The highest BCUT2D eigenvalue weighted by Gasteiger charge is 2.18. The van der Waals surface area contributed by atoms with Gasteiger partial charge in [0.15, 0.2) is 5.13 Å². The van der Waals surface area contributed by atoms with E-state index in [2.05, 4.69) is 25.0 Å². The van der Waals surface area contributed by atoms with E-state index in [4.69, 9.17) is 0 Å². The Morgan fingerprint density at radius 2 is 1.86 bits per heavy atom. The van der Waals surface area contributed by atoms with Crippen LogP contribution in [-0.2, 0) is 9.53 Å². The smallest absolute Gasteiger partial charge is 0.306 e. The van der Waals surface area contributed by atoms with Gasteiger partial charge >= 0.3 is 5.97 Å². The lowest BCUT2D eigenvalue weighted by atomic mass is 10.3. The quantitative estimate of drug-likeness (QED) is 0.178. The van der Waals surface area contributed by atoms with Crippen LogP contribution in [0.3, 0.4) is 0 Å². The number of halogens is 1. The van der Waals surface area contributed by atoms with Gasteiger partial charge in [-0.15, -0.1) is 11.8 Å². The number of amides is 1. The van der Waals surface area contributed by atoms with E-state index in [0.717, 1.165) is 14.1 Å². The van der Waals surface area contributed by atoms with Gasteiger partial charge in [-0.3, -0.25) is 14.9 Å². The van der Waals surface area contributed by atoms with Gasteiger partial charge in [0.2, 0.25) is 0 Å². The first-order valence-electron chi connectivity index (χ1n) is 10.5. The summed E-state index contributed by atoms with van der Waals surface area (Å²) in [5.74, 6) is -0.471. The number of esters is 1. The van der Waals surface area contributed by atoms with Crippen molar-refractivity contribution in [3.8, 4) is 0 Å². The number of ether oxygens (including phenoxy) is 1. The molecule has 0 fully saturated rings. The predicted molar refractivity (Wildman–Crippen MR) is 141 cm³/mol. The first-order valence-corrected chi connectivity index (χ1v) is 13.9. The number of pyridine rings is 2. The van der Waals surface area contributed by atoms with E-state index >= 15 is 0 Å². The molecule has 36 heavy (non-hydrogen) atoms. The molecule has 4 rings (SSSR count). The number of thiazole rings is 1. The lowest BCUT2D eigenvalue weighted by Gasteiger charge is -2.10. The Labute approximate surface area is 223 Å². The Kier molecular flexibility index (Phi) is 9.34. The fraction of sp³-hybridized carbons (Fsp3) is 0.125. The van der Waals surface area contributed by atoms with Gasteiger partial charge in [-0.05, 0) is 48.5 Å². The van der Waals surface area contributed by atoms with Crippen molar-refractivity contribution in [1.82, 2.24) is 15.0 Å². The highest BCUT2D eigenvalue weighted by atomic mass is 32.2. The second-order valence-electron chi connectivity index (χ2n) is 6.94. The van der Waals surface area contributed by atoms with E-state index in [-0.39, 0.29) is 23.9 Å². The van der Waals surface area contributed by atoms with E-state index in [1.54, 1.807) is 24.5 Å². The second-order valence-corrected chi connectivity index (χ2v) is 11.5. The number of methoxy groups -OCH3 is 1. The largest absolute Gasteiger partial charge is 0.469 e. The standard InChI is InChI=1S/C24H19FN4O3S4/c1-32-20(30)11-13-33-21-14-27-24(36-21)29-23(31)22-17(34-16-7-5-15(25)6-8-16)9-10-19(28-22)35-18-4-2-3-12-26-18/h2-10,12,14H,11,13H2,1H3,(H,27,29,31). The maximum atomic E-state index is 13.3. The molecule has 1 amide bonds. The number of carbonyl (C=O) groups excluding carboxylic acids is 2. The molecule has 1 aromatic carbocycles. The Balaban J connectivity index is 1.52. The molecule has 0 bridgehead atoms. The minimum Gasteiger partial charge on any atom is -0.469 e. The Morgan fingerprint density at radius 1 is 1.03 bits per heavy atom. The number of hydrogen-bond acceptors (Lipinski definition) is 10. The number of thioether (sulfide) groups is 1. The first kappa shape index (κ1) is 26.1. The molecular formula is C24H19FN4O3S4. The van der Waals surface area contributed by atoms with Crippen molar-refractivity contribution < 1.29 is 18.7 Å². The van der Waals surface area contributed by atoms with Crippen LogP contribution in [0.1, 0.15) is 16.9 Å². The van der Waals surface area contributed by atoms with Crippen molar-refractivity contribution in [2.75, 3.05) is 18.2 Å². The van der Waals surface area contributed by atoms with E-state index in [1.807, 2.05) is 30.3 Å². The fourth-order valence-corrected chi connectivity index (χ4v) is 6.26. The maximum Gasteiger partial charge on any atom is 0.306 e. The number of aromatic nitrogens is 3. The normalized spacial score (nSPS) is 10.7. The van der Waals surface area contributed by atoms with Crippen molar-refractivity contribution in [3.63, 3.8) is 0 Å². The molecule has 0 unspecified atom stereocenters. The predicted octanol–water partition coefficient (Wildman–Crippen LogP) is 6.28. The van der Waals surface area contributed by atoms with Gasteiger partial charge < -0.3 is 4.74 Å². The third kappa shape index (κ3) is 7.53. The monoisotopic (exact) mass is 558 g/mol. The molecule has 3 aromatic heterocycles. The lowest BCUT2D eigenvalue weighted by molar-refractivity contribution is -0.140. The molecule has 184 valence electrons. The van der Waals surface area contributed by atoms with Crippen LogP contribution in [0.25, 0.3) is 0 Å². The summed E-state index contributed by atoms with van der Waals surface area (Å²) in [6.07, 6.45) is 3.63. The van der Waals surface area contributed by atoms with E-state index in [0.29, 0.717) is 20.8 Å². The average molecular weight is 559 g/mol. The summed E-state index contributed by atoms with van der Waals surface area (Å²) in [7, 11) is 1.36. The van der Waals surface area contributed by atoms with Crippen molar-refractivity contribution in [1.29, 1.82) is 0 Å². The number of rotatable bonds is 10. The van der Waals surface area contributed by atoms with Gasteiger partial charge in [-0.2, -0.15) is 0 Å². The van der Waals surface area contributed by atoms with Crippen LogP contribution in [0.2, 0.25) is 0 Å². The third-order valence-electron chi connectivity index (χ3n) is 4.42. The lowest BCUT2D eigenvalue weighted by Crippen LogP contribution is -2.15. The summed E-state index contributed by atoms with van der Waals surface area (Å²) in [6.45, 7) is 0. The van der Waals surface area contributed by atoms with Crippen LogP contribution in [0.15, 0.2) is 91.0 Å². The maximum absolute atomic E-state index is 13.3. The zero-order chi connectivity index (χ0) is 25.3. The number of nitrogens with zero attached hydrogens (tertiary/aromatic N) is 3.